The van der Waals surface area contributed by atoms with E-state index in [1.54, 1.807) is 56.5 Å². The van der Waals surface area contributed by atoms with E-state index in [1.165, 1.54) is 15.9 Å². The average molecular weight is 632 g/mol. The van der Waals surface area contributed by atoms with Crippen LogP contribution in [-0.4, -0.2) is 24.3 Å². The molecule has 0 N–H and O–H groups in total. The molecule has 0 saturated heterocycles. The van der Waals surface area contributed by atoms with Gasteiger partial charge in [-0.3, -0.25) is 9.36 Å². The zero-order valence-electron chi connectivity index (χ0n) is 23.0. The first-order chi connectivity index (χ1) is 20.9. The van der Waals surface area contributed by atoms with Gasteiger partial charge in [-0.25, -0.2) is 9.79 Å². The van der Waals surface area contributed by atoms with Gasteiger partial charge in [-0.2, -0.15) is 0 Å². The second-order valence-corrected chi connectivity index (χ2v) is 11.3. The molecule has 43 heavy (non-hydrogen) atoms. The van der Waals surface area contributed by atoms with Crippen LogP contribution in [-0.2, 0) is 9.53 Å². The third kappa shape index (κ3) is 5.45. The highest BCUT2D eigenvalue weighted by atomic mass is 35.5. The number of nitrogens with zero attached hydrogens (tertiary/aromatic N) is 2. The lowest BCUT2D eigenvalue weighted by Crippen LogP contribution is -2.40. The molecule has 1 aliphatic rings. The number of halogens is 2. The van der Waals surface area contributed by atoms with Crippen molar-refractivity contribution in [3.8, 4) is 17.1 Å². The summed E-state index contributed by atoms with van der Waals surface area (Å²) in [7, 11) is 1.57. The first-order valence-electron chi connectivity index (χ1n) is 13.4. The lowest BCUT2D eigenvalue weighted by Gasteiger charge is -2.26. The molecule has 1 atom stereocenters. The summed E-state index contributed by atoms with van der Waals surface area (Å²) in [4.78, 5) is 33.0. The van der Waals surface area contributed by atoms with Gasteiger partial charge in [-0.05, 0) is 48.9 Å². The predicted octanol–water partition coefficient (Wildman–Crippen LogP) is 6.51. The van der Waals surface area contributed by atoms with Crippen LogP contribution in [0.2, 0.25) is 10.0 Å². The second kappa shape index (κ2) is 12.1. The van der Waals surface area contributed by atoms with Crippen molar-refractivity contribution < 1.29 is 18.7 Å². The average Bonchev–Trinajstić information content (AvgIpc) is 3.62. The molecule has 3 heterocycles. The maximum absolute atomic E-state index is 14.1. The van der Waals surface area contributed by atoms with Gasteiger partial charge >= 0.3 is 5.97 Å². The minimum Gasteiger partial charge on any atom is -0.497 e. The number of benzene rings is 3. The molecule has 2 aromatic heterocycles. The predicted molar refractivity (Wildman–Crippen MR) is 168 cm³/mol. The van der Waals surface area contributed by atoms with Crippen LogP contribution in [0.3, 0.4) is 0 Å². The first kappa shape index (κ1) is 28.7. The highest BCUT2D eigenvalue weighted by Gasteiger charge is 2.35. The third-order valence-corrected chi connectivity index (χ3v) is 8.70. The Morgan fingerprint density at radius 3 is 2.60 bits per heavy atom. The van der Waals surface area contributed by atoms with Gasteiger partial charge in [0.05, 0.1) is 45.6 Å². The van der Waals surface area contributed by atoms with E-state index in [-0.39, 0.29) is 17.7 Å². The van der Waals surface area contributed by atoms with Crippen LogP contribution in [0.15, 0.2) is 105 Å². The number of carbonyl (C=O) groups excluding carboxylic acids is 1. The Morgan fingerprint density at radius 2 is 1.84 bits per heavy atom. The summed E-state index contributed by atoms with van der Waals surface area (Å²) in [5.74, 6) is 0.990. The van der Waals surface area contributed by atoms with Crippen molar-refractivity contribution in [2.45, 2.75) is 13.0 Å². The molecule has 6 rings (SSSR count). The molecule has 0 amide bonds. The largest absolute Gasteiger partial charge is 0.497 e. The number of ether oxygens (including phenoxy) is 2. The minimum atomic E-state index is -0.819. The fourth-order valence-corrected chi connectivity index (χ4v) is 6.34. The zero-order valence-corrected chi connectivity index (χ0v) is 25.4. The SMILES string of the molecule is CCOC(=O)C1=C(c2ccccc2)N=c2s/c(=C\c3ccc(-c4cccc(Cl)c4Cl)o3)c(=O)n2[C@@H]1c1cccc(OC)c1. The Balaban J connectivity index is 1.57. The number of methoxy groups -OCH3 is 1. The molecule has 3 aromatic carbocycles. The van der Waals surface area contributed by atoms with Gasteiger partial charge in [0.1, 0.15) is 17.3 Å². The van der Waals surface area contributed by atoms with Crippen LogP contribution in [0, 0.1) is 0 Å². The number of hydrogen-bond acceptors (Lipinski definition) is 7. The summed E-state index contributed by atoms with van der Waals surface area (Å²) in [5, 5.41) is 0.789. The van der Waals surface area contributed by atoms with E-state index in [0.29, 0.717) is 53.5 Å². The molecule has 0 aliphatic carbocycles. The quantitative estimate of drug-likeness (QED) is 0.191. The Kier molecular flexibility index (Phi) is 8.08. The Morgan fingerprint density at radius 1 is 1.05 bits per heavy atom. The van der Waals surface area contributed by atoms with Crippen molar-refractivity contribution in [3.63, 3.8) is 0 Å². The zero-order chi connectivity index (χ0) is 30.1. The van der Waals surface area contributed by atoms with Crippen LogP contribution in [0.4, 0.5) is 0 Å². The number of esters is 1. The fraction of sp³-hybridized carbons (Fsp3) is 0.121. The van der Waals surface area contributed by atoms with Gasteiger partial charge in [0.2, 0.25) is 0 Å². The van der Waals surface area contributed by atoms with Gasteiger partial charge in [0.15, 0.2) is 4.80 Å². The Labute approximate surface area is 260 Å². The van der Waals surface area contributed by atoms with Crippen LogP contribution >= 0.6 is 34.5 Å². The topological polar surface area (TPSA) is 83.0 Å². The van der Waals surface area contributed by atoms with Gasteiger partial charge in [-0.15, -0.1) is 0 Å². The summed E-state index contributed by atoms with van der Waals surface area (Å²) in [6.45, 7) is 1.90. The summed E-state index contributed by atoms with van der Waals surface area (Å²) in [5.41, 5.74) is 2.41. The lowest BCUT2D eigenvalue weighted by atomic mass is 9.93. The van der Waals surface area contributed by atoms with E-state index in [9.17, 15) is 9.59 Å². The van der Waals surface area contributed by atoms with E-state index >= 15 is 0 Å². The van der Waals surface area contributed by atoms with Crippen LogP contribution in [0.25, 0.3) is 23.1 Å². The normalized spacial score (nSPS) is 14.8. The number of aromatic nitrogens is 1. The van der Waals surface area contributed by atoms with E-state index < -0.39 is 12.0 Å². The van der Waals surface area contributed by atoms with Crippen molar-refractivity contribution in [2.75, 3.05) is 13.7 Å². The molecule has 5 aromatic rings. The third-order valence-electron chi connectivity index (χ3n) is 6.90. The van der Waals surface area contributed by atoms with Crippen molar-refractivity contribution in [3.05, 3.63) is 137 Å². The van der Waals surface area contributed by atoms with Crippen LogP contribution < -0.4 is 19.6 Å². The lowest BCUT2D eigenvalue weighted by molar-refractivity contribution is -0.138. The van der Waals surface area contributed by atoms with Crippen molar-refractivity contribution in [2.24, 2.45) is 4.99 Å². The van der Waals surface area contributed by atoms with Gasteiger partial charge < -0.3 is 13.9 Å². The molecule has 1 aliphatic heterocycles. The molecule has 0 unspecified atom stereocenters. The minimum absolute atomic E-state index is 0.164. The number of fused-ring (bicyclic) bond motifs is 1. The van der Waals surface area contributed by atoms with Gasteiger partial charge in [-0.1, -0.05) is 83.1 Å². The molecule has 0 fully saturated rings. The molecule has 0 spiro atoms. The standard InChI is InChI=1S/C33H24Cl2N2O5S/c1-3-41-32(39)27-29(19-9-5-4-6-10-19)36-33-37(30(27)20-11-7-12-21(17-20)40-2)31(38)26(43-33)18-22-15-16-25(42-22)23-13-8-14-24(34)28(23)35/h4-18,30H,3H2,1-2H3/b26-18-/t30-/m1/s1. The summed E-state index contributed by atoms with van der Waals surface area (Å²) in [6.07, 6.45) is 1.66. The van der Waals surface area contributed by atoms with Gasteiger partial charge in [0, 0.05) is 17.2 Å². The van der Waals surface area contributed by atoms with Crippen molar-refractivity contribution in [1.82, 2.24) is 4.57 Å². The second-order valence-electron chi connectivity index (χ2n) is 9.51. The molecule has 216 valence electrons. The number of rotatable bonds is 7. The molecule has 0 radical (unpaired) electrons. The number of thiazole rings is 1. The number of hydrogen-bond donors (Lipinski definition) is 0. The van der Waals surface area contributed by atoms with Crippen LogP contribution in [0.1, 0.15) is 29.9 Å². The molecule has 0 bridgehead atoms. The highest BCUT2D eigenvalue weighted by Crippen LogP contribution is 2.37. The number of carbonyl (C=O) groups is 1. The fourth-order valence-electron chi connectivity index (χ4n) is 4.97. The Hall–Kier alpha value is -4.37. The summed E-state index contributed by atoms with van der Waals surface area (Å²) >= 11 is 13.8. The Bertz CT molecular complexity index is 2060. The van der Waals surface area contributed by atoms with E-state index in [4.69, 9.17) is 42.1 Å². The number of furan rings is 1. The van der Waals surface area contributed by atoms with E-state index in [0.717, 1.165) is 5.56 Å². The smallest absolute Gasteiger partial charge is 0.338 e. The summed E-state index contributed by atoms with van der Waals surface area (Å²) < 4.78 is 19.0. The molecular formula is C33H24Cl2N2O5S. The monoisotopic (exact) mass is 630 g/mol. The van der Waals surface area contributed by atoms with E-state index in [2.05, 4.69) is 0 Å². The molecule has 10 heteroatoms. The highest BCUT2D eigenvalue weighted by molar-refractivity contribution is 7.07. The van der Waals surface area contributed by atoms with Crippen molar-refractivity contribution in [1.29, 1.82) is 0 Å². The summed E-state index contributed by atoms with van der Waals surface area (Å²) in [6, 6.07) is 24.7. The van der Waals surface area contributed by atoms with Crippen molar-refractivity contribution >= 4 is 52.3 Å². The molecule has 0 saturated carbocycles. The maximum Gasteiger partial charge on any atom is 0.338 e. The van der Waals surface area contributed by atoms with E-state index in [1.807, 2.05) is 48.5 Å². The molecular weight excluding hydrogens is 607 g/mol. The van der Waals surface area contributed by atoms with Gasteiger partial charge in [0.25, 0.3) is 5.56 Å². The van der Waals surface area contributed by atoms with Crippen LogP contribution in [0.5, 0.6) is 5.75 Å². The first-order valence-corrected chi connectivity index (χ1v) is 14.9. The molecule has 7 nitrogen and oxygen atoms in total. The maximum atomic E-state index is 14.1.